The van der Waals surface area contributed by atoms with Crippen LogP contribution in [-0.4, -0.2) is 23.5 Å². The first-order valence-corrected chi connectivity index (χ1v) is 7.25. The van der Waals surface area contributed by atoms with Crippen LogP contribution in [0.5, 0.6) is 0 Å². The maximum atomic E-state index is 6.22. The highest BCUT2D eigenvalue weighted by atomic mass is 35.5. The largest absolute Gasteiger partial charge is 0.375 e. The Kier molecular flexibility index (Phi) is 3.49. The number of hydrogen-bond donors (Lipinski definition) is 1. The van der Waals surface area contributed by atoms with E-state index in [2.05, 4.69) is 24.3 Å². The van der Waals surface area contributed by atoms with Gasteiger partial charge in [-0.1, -0.05) is 23.2 Å². The van der Waals surface area contributed by atoms with Gasteiger partial charge in [0.15, 0.2) is 5.82 Å². The van der Waals surface area contributed by atoms with Crippen LogP contribution < -0.4 is 5.32 Å². The van der Waals surface area contributed by atoms with Crippen LogP contribution in [0.1, 0.15) is 11.6 Å². The summed E-state index contributed by atoms with van der Waals surface area (Å²) in [6.07, 6.45) is 0. The molecule has 2 heterocycles. The van der Waals surface area contributed by atoms with Crippen molar-refractivity contribution < 1.29 is 0 Å². The molecule has 20 heavy (non-hydrogen) atoms. The standard InChI is InChI=1S/C11H10Cl2N6S/c1-5-15-16-8(19(5)2)4-14-9-6(12)3-7(13)10-11(9)18-20-17-10/h3,14H,4H2,1-2H3. The van der Waals surface area contributed by atoms with E-state index in [1.165, 1.54) is 0 Å². The predicted molar refractivity (Wildman–Crippen MR) is 80.5 cm³/mol. The van der Waals surface area contributed by atoms with Crippen molar-refractivity contribution in [1.29, 1.82) is 0 Å². The average molecular weight is 329 g/mol. The van der Waals surface area contributed by atoms with Crippen LogP contribution in [0.2, 0.25) is 10.0 Å². The second-order valence-electron chi connectivity index (χ2n) is 4.25. The van der Waals surface area contributed by atoms with Gasteiger partial charge in [-0.25, -0.2) is 0 Å². The summed E-state index contributed by atoms with van der Waals surface area (Å²) < 4.78 is 10.3. The number of nitrogens with zero attached hydrogens (tertiary/aromatic N) is 5. The number of benzene rings is 1. The Morgan fingerprint density at radius 2 is 1.95 bits per heavy atom. The van der Waals surface area contributed by atoms with Crippen LogP contribution in [0.15, 0.2) is 6.07 Å². The van der Waals surface area contributed by atoms with Crippen molar-refractivity contribution in [2.75, 3.05) is 5.32 Å². The third-order valence-electron chi connectivity index (χ3n) is 3.05. The van der Waals surface area contributed by atoms with E-state index in [0.717, 1.165) is 23.4 Å². The first-order chi connectivity index (χ1) is 9.58. The number of nitrogens with one attached hydrogen (secondary N) is 1. The minimum absolute atomic E-state index is 0.491. The van der Waals surface area contributed by atoms with Crippen LogP contribution in [-0.2, 0) is 13.6 Å². The van der Waals surface area contributed by atoms with E-state index in [1.54, 1.807) is 6.07 Å². The van der Waals surface area contributed by atoms with E-state index in [-0.39, 0.29) is 0 Å². The highest BCUT2D eigenvalue weighted by molar-refractivity contribution is 7.00. The van der Waals surface area contributed by atoms with Gasteiger partial charge < -0.3 is 9.88 Å². The summed E-state index contributed by atoms with van der Waals surface area (Å²) in [6, 6.07) is 1.66. The number of fused-ring (bicyclic) bond motifs is 1. The molecule has 0 radical (unpaired) electrons. The monoisotopic (exact) mass is 328 g/mol. The van der Waals surface area contributed by atoms with Crippen molar-refractivity contribution >= 4 is 51.7 Å². The first kappa shape index (κ1) is 13.5. The van der Waals surface area contributed by atoms with Crippen molar-refractivity contribution in [3.8, 4) is 0 Å². The van der Waals surface area contributed by atoms with E-state index >= 15 is 0 Å². The van der Waals surface area contributed by atoms with Gasteiger partial charge in [0.25, 0.3) is 0 Å². The quantitative estimate of drug-likeness (QED) is 0.800. The molecule has 0 fully saturated rings. The second-order valence-corrected chi connectivity index (χ2v) is 5.60. The molecular weight excluding hydrogens is 319 g/mol. The molecule has 0 aliphatic rings. The van der Waals surface area contributed by atoms with E-state index in [0.29, 0.717) is 33.3 Å². The highest BCUT2D eigenvalue weighted by Gasteiger charge is 2.14. The second kappa shape index (κ2) is 5.16. The molecule has 0 saturated carbocycles. The summed E-state index contributed by atoms with van der Waals surface area (Å²) in [7, 11) is 1.91. The zero-order chi connectivity index (χ0) is 14.3. The van der Waals surface area contributed by atoms with Gasteiger partial charge in [0.2, 0.25) is 0 Å². The highest BCUT2D eigenvalue weighted by Crippen LogP contribution is 2.35. The van der Waals surface area contributed by atoms with Gasteiger partial charge >= 0.3 is 0 Å². The van der Waals surface area contributed by atoms with Crippen molar-refractivity contribution in [3.63, 3.8) is 0 Å². The molecule has 3 rings (SSSR count). The van der Waals surface area contributed by atoms with E-state index in [1.807, 2.05) is 18.5 Å². The van der Waals surface area contributed by atoms with Crippen molar-refractivity contribution in [2.45, 2.75) is 13.5 Å². The molecule has 0 bridgehead atoms. The molecule has 0 atom stereocenters. The van der Waals surface area contributed by atoms with Gasteiger partial charge in [0, 0.05) is 7.05 Å². The number of aryl methyl sites for hydroxylation is 1. The van der Waals surface area contributed by atoms with Crippen LogP contribution in [0.3, 0.4) is 0 Å². The van der Waals surface area contributed by atoms with Gasteiger partial charge in [0.05, 0.1) is 34.0 Å². The van der Waals surface area contributed by atoms with Crippen molar-refractivity contribution in [3.05, 3.63) is 27.8 Å². The van der Waals surface area contributed by atoms with Crippen LogP contribution >= 0.6 is 34.9 Å². The fourth-order valence-electron chi connectivity index (χ4n) is 1.81. The first-order valence-electron chi connectivity index (χ1n) is 5.77. The van der Waals surface area contributed by atoms with E-state index in [4.69, 9.17) is 23.2 Å². The Labute approximate surface area is 129 Å². The van der Waals surface area contributed by atoms with Crippen LogP contribution in [0.25, 0.3) is 11.0 Å². The third kappa shape index (κ3) is 2.21. The number of anilines is 1. The predicted octanol–water partition coefficient (Wildman–Crippen LogP) is 3.05. The lowest BCUT2D eigenvalue weighted by atomic mass is 10.2. The lowest BCUT2D eigenvalue weighted by Crippen LogP contribution is -2.07. The summed E-state index contributed by atoms with van der Waals surface area (Å²) in [6.45, 7) is 2.39. The maximum Gasteiger partial charge on any atom is 0.152 e. The summed E-state index contributed by atoms with van der Waals surface area (Å²) in [5.74, 6) is 1.66. The molecule has 1 aromatic carbocycles. The lowest BCUT2D eigenvalue weighted by molar-refractivity contribution is 0.789. The zero-order valence-electron chi connectivity index (χ0n) is 10.7. The topological polar surface area (TPSA) is 68.5 Å². The van der Waals surface area contributed by atoms with E-state index in [9.17, 15) is 0 Å². The van der Waals surface area contributed by atoms with Gasteiger partial charge in [-0.2, -0.15) is 8.75 Å². The number of aromatic nitrogens is 5. The minimum Gasteiger partial charge on any atom is -0.375 e. The molecule has 104 valence electrons. The normalized spacial score (nSPS) is 11.2. The van der Waals surface area contributed by atoms with Gasteiger partial charge in [-0.15, -0.1) is 10.2 Å². The Bertz CT molecular complexity index is 781. The molecule has 3 aromatic rings. The van der Waals surface area contributed by atoms with Gasteiger partial charge in [0.1, 0.15) is 16.9 Å². The molecule has 0 unspecified atom stereocenters. The Balaban J connectivity index is 1.95. The van der Waals surface area contributed by atoms with Crippen LogP contribution in [0.4, 0.5) is 5.69 Å². The number of rotatable bonds is 3. The lowest BCUT2D eigenvalue weighted by Gasteiger charge is -2.09. The molecule has 6 nitrogen and oxygen atoms in total. The Morgan fingerprint density at radius 1 is 1.20 bits per heavy atom. The minimum atomic E-state index is 0.491. The summed E-state index contributed by atoms with van der Waals surface area (Å²) in [5, 5.41) is 12.3. The molecule has 0 saturated heterocycles. The fourth-order valence-corrected chi connectivity index (χ4v) is 2.99. The zero-order valence-corrected chi connectivity index (χ0v) is 13.0. The molecule has 0 aliphatic heterocycles. The van der Waals surface area contributed by atoms with Crippen molar-refractivity contribution in [2.24, 2.45) is 7.05 Å². The Hall–Kier alpha value is -1.44. The maximum absolute atomic E-state index is 6.22. The molecule has 9 heteroatoms. The Morgan fingerprint density at radius 3 is 2.65 bits per heavy atom. The van der Waals surface area contributed by atoms with Gasteiger partial charge in [-0.3, -0.25) is 0 Å². The SMILES string of the molecule is Cc1nnc(CNc2c(Cl)cc(Cl)c3nsnc23)n1C. The van der Waals surface area contributed by atoms with Crippen LogP contribution in [0, 0.1) is 6.92 Å². The molecular formula is C11H10Cl2N6S. The molecule has 0 aliphatic carbocycles. The molecule has 0 spiro atoms. The van der Waals surface area contributed by atoms with E-state index < -0.39 is 0 Å². The number of halogens is 2. The smallest absolute Gasteiger partial charge is 0.152 e. The van der Waals surface area contributed by atoms with Gasteiger partial charge in [-0.05, 0) is 13.0 Å². The average Bonchev–Trinajstić information content (AvgIpc) is 3.00. The molecule has 1 N–H and O–H groups in total. The summed E-state index contributed by atoms with van der Waals surface area (Å²) >= 11 is 13.4. The van der Waals surface area contributed by atoms with Crippen molar-refractivity contribution in [1.82, 2.24) is 23.5 Å². The fraction of sp³-hybridized carbons (Fsp3) is 0.273. The summed E-state index contributed by atoms with van der Waals surface area (Å²) in [5.41, 5.74) is 2.03. The third-order valence-corrected chi connectivity index (χ3v) is 4.16. The summed E-state index contributed by atoms with van der Waals surface area (Å²) in [4.78, 5) is 0. The molecule has 0 amide bonds. The molecule has 2 aromatic heterocycles. The number of hydrogen-bond acceptors (Lipinski definition) is 6.